The Morgan fingerprint density at radius 3 is 3.29 bits per heavy atom. The summed E-state index contributed by atoms with van der Waals surface area (Å²) in [4.78, 5) is 4.30. The van der Waals surface area contributed by atoms with Crippen molar-refractivity contribution in [1.82, 2.24) is 10.3 Å². The van der Waals surface area contributed by atoms with Crippen LogP contribution in [0, 0.1) is 0 Å². The van der Waals surface area contributed by atoms with Crippen LogP contribution >= 0.6 is 0 Å². The zero-order valence-electron chi connectivity index (χ0n) is 10.3. The number of nitrogens with zero attached hydrogens (tertiary/aromatic N) is 1. The number of nitrogens with one attached hydrogen (secondary N) is 1. The molecule has 17 heavy (non-hydrogen) atoms. The van der Waals surface area contributed by atoms with Crippen molar-refractivity contribution in [3.8, 4) is 5.88 Å². The first-order valence-corrected chi connectivity index (χ1v) is 6.29. The van der Waals surface area contributed by atoms with Crippen molar-refractivity contribution < 1.29 is 9.47 Å². The minimum atomic E-state index is 0.162. The number of hydrogen-bond acceptors (Lipinski definition) is 4. The van der Waals surface area contributed by atoms with Crippen molar-refractivity contribution in [3.05, 3.63) is 23.9 Å². The fourth-order valence-electron chi connectivity index (χ4n) is 1.83. The van der Waals surface area contributed by atoms with E-state index in [4.69, 9.17) is 9.47 Å². The van der Waals surface area contributed by atoms with Crippen molar-refractivity contribution in [3.63, 3.8) is 0 Å². The summed E-state index contributed by atoms with van der Waals surface area (Å²) in [5.41, 5.74) is 1.12. The van der Waals surface area contributed by atoms with E-state index >= 15 is 0 Å². The smallest absolute Gasteiger partial charge is 0.218 e. The van der Waals surface area contributed by atoms with Gasteiger partial charge in [0.1, 0.15) is 6.10 Å². The molecule has 94 valence electrons. The zero-order valence-corrected chi connectivity index (χ0v) is 10.3. The summed E-state index contributed by atoms with van der Waals surface area (Å²) in [7, 11) is 0. The van der Waals surface area contributed by atoms with E-state index in [-0.39, 0.29) is 6.10 Å². The normalized spacial score (nSPS) is 19.5. The Morgan fingerprint density at radius 2 is 2.53 bits per heavy atom. The molecule has 1 atom stereocenters. The van der Waals surface area contributed by atoms with E-state index in [1.165, 1.54) is 0 Å². The van der Waals surface area contributed by atoms with Crippen LogP contribution in [0.4, 0.5) is 0 Å². The molecule has 1 unspecified atom stereocenters. The van der Waals surface area contributed by atoms with Crippen molar-refractivity contribution in [2.24, 2.45) is 0 Å². The summed E-state index contributed by atoms with van der Waals surface area (Å²) in [6.07, 6.45) is 4.02. The van der Waals surface area contributed by atoms with Gasteiger partial charge in [-0.15, -0.1) is 0 Å². The zero-order chi connectivity index (χ0) is 11.9. The van der Waals surface area contributed by atoms with Crippen LogP contribution in [0.3, 0.4) is 0 Å². The highest BCUT2D eigenvalue weighted by atomic mass is 16.5. The maximum Gasteiger partial charge on any atom is 0.218 e. The highest BCUT2D eigenvalue weighted by Gasteiger charge is 2.18. The fraction of sp³-hybridized carbons (Fsp3) is 0.615. The van der Waals surface area contributed by atoms with Gasteiger partial charge in [0.15, 0.2) is 0 Å². The Bertz CT molecular complexity index is 338. The average Bonchev–Trinajstić information content (AvgIpc) is 2.84. The molecular formula is C13H20N2O2. The second-order valence-electron chi connectivity index (χ2n) is 4.25. The Hall–Kier alpha value is -1.13. The summed E-state index contributed by atoms with van der Waals surface area (Å²) >= 11 is 0. The largest absolute Gasteiger partial charge is 0.472 e. The number of aromatic nitrogens is 1. The average molecular weight is 236 g/mol. The van der Waals surface area contributed by atoms with Crippen LogP contribution in [0.2, 0.25) is 0 Å². The summed E-state index contributed by atoms with van der Waals surface area (Å²) < 4.78 is 11.2. The molecule has 0 bridgehead atoms. The molecule has 0 amide bonds. The molecule has 1 aromatic heterocycles. The summed E-state index contributed by atoms with van der Waals surface area (Å²) in [6.45, 7) is 5.45. The molecule has 1 saturated heterocycles. The van der Waals surface area contributed by atoms with Crippen LogP contribution in [0.25, 0.3) is 0 Å². The van der Waals surface area contributed by atoms with E-state index in [9.17, 15) is 0 Å². The molecule has 0 radical (unpaired) electrons. The molecule has 1 aliphatic rings. The van der Waals surface area contributed by atoms with Gasteiger partial charge in [0.25, 0.3) is 0 Å². The molecule has 4 nitrogen and oxygen atoms in total. The minimum absolute atomic E-state index is 0.162. The minimum Gasteiger partial charge on any atom is -0.472 e. The molecule has 1 fully saturated rings. The van der Waals surface area contributed by atoms with Gasteiger partial charge < -0.3 is 14.8 Å². The topological polar surface area (TPSA) is 43.4 Å². The van der Waals surface area contributed by atoms with Crippen molar-refractivity contribution in [2.45, 2.75) is 32.4 Å². The predicted molar refractivity (Wildman–Crippen MR) is 66.1 cm³/mol. The second kappa shape index (κ2) is 6.57. The van der Waals surface area contributed by atoms with Crippen LogP contribution in [-0.2, 0) is 11.3 Å². The standard InChI is InChI=1S/C13H20N2O2/c1-2-6-14-9-11-4-3-7-15-13(11)17-12-5-8-16-10-12/h3-4,7,12,14H,2,5-6,8-10H2,1H3. The number of hydrogen-bond donors (Lipinski definition) is 1. The van der Waals surface area contributed by atoms with E-state index in [1.54, 1.807) is 6.20 Å². The molecule has 2 rings (SSSR count). The number of ether oxygens (including phenoxy) is 2. The van der Waals surface area contributed by atoms with Gasteiger partial charge in [-0.25, -0.2) is 4.98 Å². The highest BCUT2D eigenvalue weighted by molar-refractivity contribution is 5.25. The maximum absolute atomic E-state index is 5.86. The van der Waals surface area contributed by atoms with Gasteiger partial charge in [-0.05, 0) is 19.0 Å². The van der Waals surface area contributed by atoms with Crippen LogP contribution in [-0.4, -0.2) is 30.8 Å². The quantitative estimate of drug-likeness (QED) is 0.764. The van der Waals surface area contributed by atoms with Crippen LogP contribution < -0.4 is 10.1 Å². The van der Waals surface area contributed by atoms with Gasteiger partial charge in [0.2, 0.25) is 5.88 Å². The second-order valence-corrected chi connectivity index (χ2v) is 4.25. The predicted octanol–water partition coefficient (Wildman–Crippen LogP) is 1.75. The SMILES string of the molecule is CCCNCc1cccnc1OC1CCOC1. The third kappa shape index (κ3) is 3.68. The van der Waals surface area contributed by atoms with E-state index in [1.807, 2.05) is 6.07 Å². The summed E-state index contributed by atoms with van der Waals surface area (Å²) in [5, 5.41) is 3.37. The van der Waals surface area contributed by atoms with Crippen LogP contribution in [0.1, 0.15) is 25.3 Å². The first-order valence-electron chi connectivity index (χ1n) is 6.29. The summed E-state index contributed by atoms with van der Waals surface area (Å²) in [5.74, 6) is 0.742. The van der Waals surface area contributed by atoms with Gasteiger partial charge in [-0.2, -0.15) is 0 Å². The van der Waals surface area contributed by atoms with Crippen LogP contribution in [0.15, 0.2) is 18.3 Å². The fourth-order valence-corrected chi connectivity index (χ4v) is 1.83. The van der Waals surface area contributed by atoms with E-state index in [2.05, 4.69) is 23.3 Å². The van der Waals surface area contributed by atoms with Crippen molar-refractivity contribution in [2.75, 3.05) is 19.8 Å². The van der Waals surface area contributed by atoms with Gasteiger partial charge in [-0.1, -0.05) is 13.0 Å². The lowest BCUT2D eigenvalue weighted by Crippen LogP contribution is -2.20. The lowest BCUT2D eigenvalue weighted by Gasteiger charge is -2.14. The molecule has 1 aromatic rings. The molecule has 1 aliphatic heterocycles. The molecule has 4 heteroatoms. The first-order chi connectivity index (χ1) is 8.40. The summed E-state index contributed by atoms with van der Waals surface area (Å²) in [6, 6.07) is 4.00. The van der Waals surface area contributed by atoms with E-state index in [0.717, 1.165) is 44.0 Å². The third-order valence-corrected chi connectivity index (χ3v) is 2.76. The van der Waals surface area contributed by atoms with Crippen LogP contribution in [0.5, 0.6) is 5.88 Å². The Balaban J connectivity index is 1.94. The molecule has 0 aliphatic carbocycles. The highest BCUT2D eigenvalue weighted by Crippen LogP contribution is 2.18. The molecule has 0 spiro atoms. The molecule has 0 aromatic carbocycles. The van der Waals surface area contributed by atoms with Crippen molar-refractivity contribution >= 4 is 0 Å². The monoisotopic (exact) mass is 236 g/mol. The molecular weight excluding hydrogens is 216 g/mol. The Kier molecular flexibility index (Phi) is 4.76. The van der Waals surface area contributed by atoms with Gasteiger partial charge in [-0.3, -0.25) is 0 Å². The maximum atomic E-state index is 5.86. The first kappa shape index (κ1) is 12.3. The molecule has 1 N–H and O–H groups in total. The van der Waals surface area contributed by atoms with Gasteiger partial charge >= 0.3 is 0 Å². The number of pyridine rings is 1. The Morgan fingerprint density at radius 1 is 1.59 bits per heavy atom. The van der Waals surface area contributed by atoms with E-state index in [0.29, 0.717) is 6.61 Å². The lowest BCUT2D eigenvalue weighted by molar-refractivity contribution is 0.137. The Labute approximate surface area is 102 Å². The third-order valence-electron chi connectivity index (χ3n) is 2.76. The number of rotatable bonds is 6. The molecule has 2 heterocycles. The van der Waals surface area contributed by atoms with Crippen molar-refractivity contribution in [1.29, 1.82) is 0 Å². The van der Waals surface area contributed by atoms with Gasteiger partial charge in [0, 0.05) is 24.7 Å². The van der Waals surface area contributed by atoms with Gasteiger partial charge in [0.05, 0.1) is 13.2 Å². The van der Waals surface area contributed by atoms with E-state index < -0.39 is 0 Å². The lowest BCUT2D eigenvalue weighted by atomic mass is 10.2. The molecule has 0 saturated carbocycles.